The Morgan fingerprint density at radius 2 is 0.976 bits per heavy atom. The van der Waals surface area contributed by atoms with E-state index >= 15 is 0 Å². The number of nitrogens with zero attached hydrogens (tertiary/aromatic N) is 4. The van der Waals surface area contributed by atoms with Crippen LogP contribution in [0.4, 0.5) is 62.6 Å². The number of anilines is 11. The number of hydrogen-bond donors (Lipinski definition) is 0. The Balaban J connectivity index is 1.01. The molecule has 0 spiro atoms. The van der Waals surface area contributed by atoms with Gasteiger partial charge in [0, 0.05) is 67.9 Å². The van der Waals surface area contributed by atoms with E-state index < -0.39 is 0 Å². The van der Waals surface area contributed by atoms with Gasteiger partial charge in [0.1, 0.15) is 0 Å². The number of para-hydroxylation sites is 2. The summed E-state index contributed by atoms with van der Waals surface area (Å²) in [7, 11) is 0. The molecule has 82 heavy (non-hydrogen) atoms. The van der Waals surface area contributed by atoms with Crippen LogP contribution in [0.3, 0.4) is 0 Å². The lowest BCUT2D eigenvalue weighted by Crippen LogP contribution is -2.61. The van der Waals surface area contributed by atoms with Crippen LogP contribution in [0.5, 0.6) is 0 Å². The molecular formula is C77H73BN4. The summed E-state index contributed by atoms with van der Waals surface area (Å²) in [5, 5.41) is 0. The molecule has 14 rings (SSSR count). The lowest BCUT2D eigenvalue weighted by molar-refractivity contribution is 0.195. The third-order valence-electron chi connectivity index (χ3n) is 19.1. The number of rotatable bonds is 8. The molecule has 3 aliphatic heterocycles. The molecule has 2 unspecified atom stereocenters. The molecule has 3 heterocycles. The van der Waals surface area contributed by atoms with Gasteiger partial charge >= 0.3 is 0 Å². The predicted octanol–water partition coefficient (Wildman–Crippen LogP) is 19.2. The minimum absolute atomic E-state index is 0.00307. The predicted molar refractivity (Wildman–Crippen MR) is 351 cm³/mol. The fraction of sp³-hybridized carbons (Fsp3) is 0.221. The lowest BCUT2D eigenvalue weighted by Gasteiger charge is -2.50. The molecule has 1 saturated carbocycles. The van der Waals surface area contributed by atoms with E-state index in [1.165, 1.54) is 119 Å². The second-order valence-corrected chi connectivity index (χ2v) is 26.2. The highest BCUT2D eigenvalue weighted by atomic mass is 15.3. The van der Waals surface area contributed by atoms with Crippen molar-refractivity contribution in [2.24, 2.45) is 0 Å². The van der Waals surface area contributed by atoms with Crippen LogP contribution >= 0.6 is 0 Å². The Labute approximate surface area is 487 Å². The molecule has 1 fully saturated rings. The van der Waals surface area contributed by atoms with Gasteiger partial charge in [-0.3, -0.25) is 0 Å². The van der Waals surface area contributed by atoms with Gasteiger partial charge in [-0.2, -0.15) is 0 Å². The summed E-state index contributed by atoms with van der Waals surface area (Å²) >= 11 is 0. The minimum Gasteiger partial charge on any atom is -0.334 e. The van der Waals surface area contributed by atoms with Crippen molar-refractivity contribution in [2.75, 3.05) is 19.6 Å². The van der Waals surface area contributed by atoms with E-state index in [0.29, 0.717) is 0 Å². The Morgan fingerprint density at radius 3 is 1.62 bits per heavy atom. The van der Waals surface area contributed by atoms with Crippen molar-refractivity contribution in [1.82, 2.24) is 0 Å². The van der Waals surface area contributed by atoms with E-state index in [-0.39, 0.29) is 28.5 Å². The Bertz CT molecular complexity index is 4030. The molecule has 1 aliphatic carbocycles. The minimum atomic E-state index is -0.179. The molecule has 10 aromatic carbocycles. The quantitative estimate of drug-likeness (QED) is 0.141. The van der Waals surface area contributed by atoms with Gasteiger partial charge in [-0.15, -0.1) is 0 Å². The third-order valence-corrected chi connectivity index (χ3v) is 19.1. The summed E-state index contributed by atoms with van der Waals surface area (Å²) in [4.78, 5) is 10.4. The number of benzene rings is 10. The number of fused-ring (bicyclic) bond motifs is 7. The zero-order valence-electron chi connectivity index (χ0n) is 49.1. The maximum atomic E-state index is 2.77. The van der Waals surface area contributed by atoms with Crippen LogP contribution < -0.4 is 36.0 Å². The second-order valence-electron chi connectivity index (χ2n) is 26.2. The fourth-order valence-electron chi connectivity index (χ4n) is 14.6. The summed E-state index contributed by atoms with van der Waals surface area (Å²) in [5.41, 5.74) is 27.1. The van der Waals surface area contributed by atoms with Gasteiger partial charge in [-0.1, -0.05) is 195 Å². The zero-order chi connectivity index (χ0) is 56.3. The number of hydrogen-bond acceptors (Lipinski definition) is 4. The normalized spacial score (nSPS) is 17.9. The zero-order valence-corrected chi connectivity index (χ0v) is 49.1. The van der Waals surface area contributed by atoms with Gasteiger partial charge in [-0.05, 0) is 190 Å². The van der Waals surface area contributed by atoms with E-state index in [2.05, 4.69) is 312 Å². The molecule has 0 saturated heterocycles. The van der Waals surface area contributed by atoms with Crippen molar-refractivity contribution in [2.45, 2.75) is 110 Å². The largest absolute Gasteiger partial charge is 0.334 e. The van der Waals surface area contributed by atoms with Crippen LogP contribution in [0.2, 0.25) is 0 Å². The molecule has 0 bridgehead atoms. The standard InChI is InChI=1S/C77H73BN4/c1-52-46-71-73-72(47-52)81(67-42-35-57(75(5,6)7)49-63(67)54-26-16-11-17-27-54)69-41-32-55(53-24-14-10-15-25-53)48-66(69)78(73)65-40-38-62(51-70(65)80(71)60-36-33-56(34-37-60)74(2,3)4)82-68-43-39-61(50-64(68)76(8)44-22-23-45-77(76,82)9)79(58-28-18-12-19-29-58)59-30-20-13-21-31-59/h10-21,24-43,46-51H,22-23,44-45H2,1-9H3. The van der Waals surface area contributed by atoms with Crippen molar-refractivity contribution in [3.05, 3.63) is 253 Å². The van der Waals surface area contributed by atoms with Crippen LogP contribution in [-0.2, 0) is 16.2 Å². The first-order valence-electron chi connectivity index (χ1n) is 29.8. The molecular weight excluding hydrogens is 992 g/mol. The van der Waals surface area contributed by atoms with Gasteiger partial charge in [0.15, 0.2) is 0 Å². The second kappa shape index (κ2) is 19.3. The maximum Gasteiger partial charge on any atom is 0.252 e. The van der Waals surface area contributed by atoms with E-state index in [4.69, 9.17) is 0 Å². The lowest BCUT2D eigenvalue weighted by atomic mass is 9.33. The molecule has 0 aromatic heterocycles. The van der Waals surface area contributed by atoms with Crippen LogP contribution in [-0.4, -0.2) is 12.3 Å². The summed E-state index contributed by atoms with van der Waals surface area (Å²) in [6.07, 6.45) is 4.64. The third kappa shape index (κ3) is 8.24. The van der Waals surface area contributed by atoms with Gasteiger partial charge in [0.05, 0.1) is 11.2 Å². The van der Waals surface area contributed by atoms with Crippen molar-refractivity contribution >= 4 is 85.7 Å². The monoisotopic (exact) mass is 1060 g/mol. The summed E-state index contributed by atoms with van der Waals surface area (Å²) in [6, 6.07) is 87.6. The van der Waals surface area contributed by atoms with Gasteiger partial charge < -0.3 is 19.6 Å². The van der Waals surface area contributed by atoms with Crippen LogP contribution in [0.15, 0.2) is 231 Å². The van der Waals surface area contributed by atoms with Crippen LogP contribution in [0.25, 0.3) is 22.3 Å². The average molecular weight is 1070 g/mol. The van der Waals surface area contributed by atoms with Crippen molar-refractivity contribution in [3.8, 4) is 22.3 Å². The van der Waals surface area contributed by atoms with E-state index in [1.807, 2.05) is 0 Å². The molecule has 0 radical (unpaired) electrons. The van der Waals surface area contributed by atoms with Crippen LogP contribution in [0.1, 0.15) is 103 Å². The molecule has 0 N–H and O–H groups in total. The highest BCUT2D eigenvalue weighted by Crippen LogP contribution is 2.62. The summed E-state index contributed by atoms with van der Waals surface area (Å²) < 4.78 is 0. The van der Waals surface area contributed by atoms with Crippen LogP contribution in [0, 0.1) is 6.92 Å². The van der Waals surface area contributed by atoms with Crippen molar-refractivity contribution < 1.29 is 0 Å². The van der Waals surface area contributed by atoms with Gasteiger partial charge in [0.2, 0.25) is 0 Å². The first-order valence-corrected chi connectivity index (χ1v) is 29.8. The highest BCUT2D eigenvalue weighted by Gasteiger charge is 2.58. The van der Waals surface area contributed by atoms with E-state index in [9.17, 15) is 0 Å². The molecule has 2 atom stereocenters. The first kappa shape index (κ1) is 51.6. The summed E-state index contributed by atoms with van der Waals surface area (Å²) in [6.45, 7) is 21.3. The Kier molecular flexibility index (Phi) is 12.1. The fourth-order valence-corrected chi connectivity index (χ4v) is 14.6. The van der Waals surface area contributed by atoms with Gasteiger partial charge in [0.25, 0.3) is 6.71 Å². The molecule has 4 nitrogen and oxygen atoms in total. The highest BCUT2D eigenvalue weighted by molar-refractivity contribution is 7.00. The van der Waals surface area contributed by atoms with E-state index in [1.54, 1.807) is 0 Å². The average Bonchev–Trinajstić information content (AvgIpc) is 3.29. The van der Waals surface area contributed by atoms with E-state index in [0.717, 1.165) is 29.9 Å². The molecule has 5 heteroatoms. The SMILES string of the molecule is Cc1cc2c3c(c1)N(c1ccc(C(C)(C)C)cc1-c1ccccc1)c1ccc(-c4ccccc4)cc1B3c1ccc(N3c4ccc(N(c5ccccc5)c5ccccc5)cc4C4(C)CCCCC34C)cc1N2c1ccc(C(C)(C)C)cc1. The van der Waals surface area contributed by atoms with Crippen molar-refractivity contribution in [3.63, 3.8) is 0 Å². The smallest absolute Gasteiger partial charge is 0.252 e. The van der Waals surface area contributed by atoms with Gasteiger partial charge in [-0.25, -0.2) is 0 Å². The summed E-state index contributed by atoms with van der Waals surface area (Å²) in [5.74, 6) is 0. The Morgan fingerprint density at radius 1 is 0.415 bits per heavy atom. The molecule has 404 valence electrons. The first-order chi connectivity index (χ1) is 39.6. The van der Waals surface area contributed by atoms with Crippen molar-refractivity contribution in [1.29, 1.82) is 0 Å². The molecule has 4 aliphatic rings. The topological polar surface area (TPSA) is 13.0 Å². The number of aryl methyl sites for hydroxylation is 1. The maximum absolute atomic E-state index is 2.77. The Hall–Kier alpha value is -8.54. The molecule has 10 aromatic rings. The molecule has 0 amide bonds.